The SMILES string of the molecule is COc1ccc(N2CCC(NC(=O)/C=C/c3ccc(C(=O)NC4CC4)cc3)CC2)cc1. The number of nitrogens with one attached hydrogen (secondary N) is 2. The van der Waals surface area contributed by atoms with Gasteiger partial charge >= 0.3 is 0 Å². The maximum atomic E-state index is 12.3. The molecular weight excluding hydrogens is 390 g/mol. The summed E-state index contributed by atoms with van der Waals surface area (Å²) in [6.45, 7) is 1.82. The quantitative estimate of drug-likeness (QED) is 0.675. The van der Waals surface area contributed by atoms with Crippen LogP contribution in [0.25, 0.3) is 6.08 Å². The molecule has 31 heavy (non-hydrogen) atoms. The van der Waals surface area contributed by atoms with Gasteiger partial charge in [0.15, 0.2) is 0 Å². The van der Waals surface area contributed by atoms with Gasteiger partial charge in [-0.25, -0.2) is 0 Å². The van der Waals surface area contributed by atoms with E-state index < -0.39 is 0 Å². The number of benzene rings is 2. The third-order valence-electron chi connectivity index (χ3n) is 5.79. The van der Waals surface area contributed by atoms with Crippen molar-refractivity contribution in [2.24, 2.45) is 0 Å². The van der Waals surface area contributed by atoms with Crippen molar-refractivity contribution in [2.45, 2.75) is 37.8 Å². The Morgan fingerprint density at radius 1 is 0.903 bits per heavy atom. The summed E-state index contributed by atoms with van der Waals surface area (Å²) in [5.41, 5.74) is 2.73. The van der Waals surface area contributed by atoms with E-state index in [1.807, 2.05) is 24.3 Å². The number of methoxy groups -OCH3 is 1. The predicted molar refractivity (Wildman–Crippen MR) is 122 cm³/mol. The Morgan fingerprint density at radius 2 is 1.55 bits per heavy atom. The van der Waals surface area contributed by atoms with Crippen LogP contribution in [0.2, 0.25) is 0 Å². The Hall–Kier alpha value is -3.28. The van der Waals surface area contributed by atoms with E-state index in [2.05, 4.69) is 27.7 Å². The zero-order chi connectivity index (χ0) is 21.6. The van der Waals surface area contributed by atoms with Crippen molar-refractivity contribution in [3.8, 4) is 5.75 Å². The van der Waals surface area contributed by atoms with Crippen molar-refractivity contribution in [1.82, 2.24) is 10.6 Å². The van der Waals surface area contributed by atoms with Gasteiger partial charge in [0.25, 0.3) is 5.91 Å². The van der Waals surface area contributed by atoms with E-state index in [4.69, 9.17) is 4.74 Å². The highest BCUT2D eigenvalue weighted by Gasteiger charge is 2.23. The number of carbonyl (C=O) groups excluding carboxylic acids is 2. The third kappa shape index (κ3) is 5.87. The first-order valence-electron chi connectivity index (χ1n) is 10.9. The van der Waals surface area contributed by atoms with Crippen LogP contribution in [-0.4, -0.2) is 44.1 Å². The fourth-order valence-electron chi connectivity index (χ4n) is 3.74. The van der Waals surface area contributed by atoms with Gasteiger partial charge in [-0.15, -0.1) is 0 Å². The molecule has 6 heteroatoms. The summed E-state index contributed by atoms with van der Waals surface area (Å²) < 4.78 is 5.21. The molecule has 1 aliphatic heterocycles. The third-order valence-corrected chi connectivity index (χ3v) is 5.79. The first-order chi connectivity index (χ1) is 15.1. The van der Waals surface area contributed by atoms with E-state index in [1.165, 1.54) is 5.69 Å². The van der Waals surface area contributed by atoms with Gasteiger partial charge in [-0.3, -0.25) is 9.59 Å². The molecule has 0 unspecified atom stereocenters. The first kappa shape index (κ1) is 21.0. The van der Waals surface area contributed by atoms with Crippen molar-refractivity contribution >= 4 is 23.6 Å². The van der Waals surface area contributed by atoms with E-state index >= 15 is 0 Å². The molecule has 6 nitrogen and oxygen atoms in total. The smallest absolute Gasteiger partial charge is 0.251 e. The summed E-state index contributed by atoms with van der Waals surface area (Å²) in [5.74, 6) is 0.740. The number of rotatable bonds is 7. The summed E-state index contributed by atoms with van der Waals surface area (Å²) in [6, 6.07) is 15.9. The van der Waals surface area contributed by atoms with Crippen molar-refractivity contribution in [1.29, 1.82) is 0 Å². The second kappa shape index (κ2) is 9.69. The average Bonchev–Trinajstić information content (AvgIpc) is 3.62. The van der Waals surface area contributed by atoms with Crippen LogP contribution in [0.3, 0.4) is 0 Å². The lowest BCUT2D eigenvalue weighted by molar-refractivity contribution is -0.117. The Labute approximate surface area is 183 Å². The van der Waals surface area contributed by atoms with Crippen molar-refractivity contribution < 1.29 is 14.3 Å². The summed E-state index contributed by atoms with van der Waals surface area (Å²) in [5, 5.41) is 6.07. The summed E-state index contributed by atoms with van der Waals surface area (Å²) in [6.07, 6.45) is 7.32. The van der Waals surface area contributed by atoms with Gasteiger partial charge < -0.3 is 20.3 Å². The highest BCUT2D eigenvalue weighted by molar-refractivity contribution is 5.95. The number of carbonyl (C=O) groups is 2. The fourth-order valence-corrected chi connectivity index (χ4v) is 3.74. The van der Waals surface area contributed by atoms with Crippen LogP contribution in [0.1, 0.15) is 41.6 Å². The second-order valence-corrected chi connectivity index (χ2v) is 8.17. The van der Waals surface area contributed by atoms with Gasteiger partial charge in [0.2, 0.25) is 5.91 Å². The maximum Gasteiger partial charge on any atom is 0.251 e. The molecule has 1 heterocycles. The van der Waals surface area contributed by atoms with Crippen LogP contribution in [0.15, 0.2) is 54.6 Å². The molecule has 1 saturated carbocycles. The maximum absolute atomic E-state index is 12.3. The molecule has 1 aliphatic carbocycles. The minimum atomic E-state index is -0.0848. The number of nitrogens with zero attached hydrogens (tertiary/aromatic N) is 1. The molecule has 162 valence electrons. The Morgan fingerprint density at radius 3 is 2.16 bits per heavy atom. The topological polar surface area (TPSA) is 70.7 Å². The number of hydrogen-bond acceptors (Lipinski definition) is 4. The molecule has 0 radical (unpaired) electrons. The van der Waals surface area contributed by atoms with E-state index in [9.17, 15) is 9.59 Å². The molecule has 0 atom stereocenters. The van der Waals surface area contributed by atoms with Crippen molar-refractivity contribution in [2.75, 3.05) is 25.1 Å². The van der Waals surface area contributed by atoms with Crippen LogP contribution in [0.4, 0.5) is 5.69 Å². The standard InChI is InChI=1S/C25H29N3O3/c1-31-23-11-9-22(10-12-23)28-16-14-21(15-17-28)26-24(29)13-4-18-2-5-19(6-3-18)25(30)27-20-7-8-20/h2-6,9-13,20-21H,7-8,14-17H2,1H3,(H,26,29)(H,27,30)/b13-4+. The van der Waals surface area contributed by atoms with Crippen LogP contribution in [-0.2, 0) is 4.79 Å². The number of ether oxygens (including phenoxy) is 1. The minimum Gasteiger partial charge on any atom is -0.497 e. The molecule has 2 fully saturated rings. The van der Waals surface area contributed by atoms with E-state index in [0.29, 0.717) is 11.6 Å². The second-order valence-electron chi connectivity index (χ2n) is 8.17. The molecule has 0 spiro atoms. The number of amides is 2. The molecule has 2 aliphatic rings. The molecular formula is C25H29N3O3. The number of piperidine rings is 1. The normalized spacial score (nSPS) is 16.9. The van der Waals surface area contributed by atoms with Gasteiger partial charge in [0, 0.05) is 42.5 Å². The lowest BCUT2D eigenvalue weighted by atomic mass is 10.0. The zero-order valence-electron chi connectivity index (χ0n) is 17.8. The lowest BCUT2D eigenvalue weighted by Crippen LogP contribution is -2.44. The van der Waals surface area contributed by atoms with Gasteiger partial charge in [-0.1, -0.05) is 12.1 Å². The Kier molecular flexibility index (Phi) is 6.55. The molecule has 1 saturated heterocycles. The molecule has 2 aromatic carbocycles. The zero-order valence-corrected chi connectivity index (χ0v) is 17.8. The fraction of sp³-hybridized carbons (Fsp3) is 0.360. The van der Waals surface area contributed by atoms with Gasteiger partial charge in [-0.05, 0) is 73.7 Å². The molecule has 4 rings (SSSR count). The van der Waals surface area contributed by atoms with E-state index in [-0.39, 0.29) is 17.9 Å². The van der Waals surface area contributed by atoms with E-state index in [0.717, 1.165) is 50.1 Å². The molecule has 2 aromatic rings. The van der Waals surface area contributed by atoms with Crippen LogP contribution < -0.4 is 20.3 Å². The van der Waals surface area contributed by atoms with Gasteiger partial charge in [0.05, 0.1) is 7.11 Å². The van der Waals surface area contributed by atoms with Gasteiger partial charge in [0.1, 0.15) is 5.75 Å². The highest BCUT2D eigenvalue weighted by atomic mass is 16.5. The predicted octanol–water partition coefficient (Wildman–Crippen LogP) is 3.39. The van der Waals surface area contributed by atoms with Crippen LogP contribution in [0.5, 0.6) is 5.75 Å². The largest absolute Gasteiger partial charge is 0.497 e. The molecule has 0 bridgehead atoms. The molecule has 0 aromatic heterocycles. The molecule has 2 N–H and O–H groups in total. The van der Waals surface area contributed by atoms with Crippen molar-refractivity contribution in [3.05, 3.63) is 65.7 Å². The average molecular weight is 420 g/mol. The number of anilines is 1. The summed E-state index contributed by atoms with van der Waals surface area (Å²) >= 11 is 0. The summed E-state index contributed by atoms with van der Waals surface area (Å²) in [4.78, 5) is 26.7. The minimum absolute atomic E-state index is 0.0308. The van der Waals surface area contributed by atoms with Crippen molar-refractivity contribution in [3.63, 3.8) is 0 Å². The van der Waals surface area contributed by atoms with Crippen LogP contribution in [0, 0.1) is 0 Å². The Balaban J connectivity index is 1.22. The lowest BCUT2D eigenvalue weighted by Gasteiger charge is -2.33. The monoisotopic (exact) mass is 419 g/mol. The number of hydrogen-bond donors (Lipinski definition) is 2. The Bertz CT molecular complexity index is 925. The first-order valence-corrected chi connectivity index (χ1v) is 10.9. The van der Waals surface area contributed by atoms with E-state index in [1.54, 1.807) is 31.4 Å². The summed E-state index contributed by atoms with van der Waals surface area (Å²) in [7, 11) is 1.67. The van der Waals surface area contributed by atoms with Crippen LogP contribution >= 0.6 is 0 Å². The van der Waals surface area contributed by atoms with Gasteiger partial charge in [-0.2, -0.15) is 0 Å². The molecule has 2 amide bonds. The highest BCUT2D eigenvalue weighted by Crippen LogP contribution is 2.23.